The number of hydrogen-bond acceptors (Lipinski definition) is 4. The summed E-state index contributed by atoms with van der Waals surface area (Å²) in [7, 11) is 1.18. The van der Waals surface area contributed by atoms with Gasteiger partial charge in [-0.15, -0.1) is 0 Å². The Morgan fingerprint density at radius 3 is 2.72 bits per heavy atom. The lowest BCUT2D eigenvalue weighted by Crippen LogP contribution is -2.27. The molecule has 0 aliphatic heterocycles. The van der Waals surface area contributed by atoms with Gasteiger partial charge in [0.25, 0.3) is 0 Å². The molecule has 1 heterocycles. The third-order valence-electron chi connectivity index (χ3n) is 2.90. The Bertz CT molecular complexity index is 427. The van der Waals surface area contributed by atoms with E-state index in [1.807, 2.05) is 13.8 Å². The second kappa shape index (κ2) is 6.18. The van der Waals surface area contributed by atoms with Gasteiger partial charge in [0.05, 0.1) is 12.8 Å². The van der Waals surface area contributed by atoms with E-state index in [9.17, 15) is 9.59 Å². The summed E-state index contributed by atoms with van der Waals surface area (Å²) >= 11 is 0. The molecule has 0 fully saturated rings. The normalized spacial score (nSPS) is 13.9. The van der Waals surface area contributed by atoms with E-state index in [4.69, 9.17) is 5.11 Å². The molecular weight excluding hydrogens is 236 g/mol. The summed E-state index contributed by atoms with van der Waals surface area (Å²) in [5.74, 6) is -3.14. The Kier molecular flexibility index (Phi) is 4.88. The molecule has 6 heteroatoms. The van der Waals surface area contributed by atoms with Crippen LogP contribution in [0.3, 0.4) is 0 Å². The predicted molar refractivity (Wildman–Crippen MR) is 64.1 cm³/mol. The standard InChI is InChI=1S/C12H18N2O4/c1-4-8(2)14-6-5-9(13-14)7-10(11(15)16)12(17)18-3/h5-6,8,10H,4,7H2,1-3H3,(H,15,16). The Morgan fingerprint density at radius 2 is 2.22 bits per heavy atom. The third kappa shape index (κ3) is 3.32. The Morgan fingerprint density at radius 1 is 1.56 bits per heavy atom. The van der Waals surface area contributed by atoms with Crippen LogP contribution in [0.4, 0.5) is 0 Å². The van der Waals surface area contributed by atoms with Crippen molar-refractivity contribution in [2.75, 3.05) is 7.11 Å². The van der Waals surface area contributed by atoms with Gasteiger partial charge in [0, 0.05) is 18.7 Å². The van der Waals surface area contributed by atoms with Crippen LogP contribution in [0.15, 0.2) is 12.3 Å². The molecule has 0 aromatic carbocycles. The van der Waals surface area contributed by atoms with Crippen molar-refractivity contribution in [3.8, 4) is 0 Å². The number of rotatable bonds is 6. The first-order chi connectivity index (χ1) is 8.49. The molecule has 1 aromatic rings. The number of carboxylic acid groups (broad SMARTS) is 1. The van der Waals surface area contributed by atoms with Crippen LogP contribution in [-0.4, -0.2) is 33.9 Å². The zero-order chi connectivity index (χ0) is 13.7. The van der Waals surface area contributed by atoms with Gasteiger partial charge in [-0.1, -0.05) is 6.92 Å². The number of carbonyl (C=O) groups is 2. The summed E-state index contributed by atoms with van der Waals surface area (Å²) in [5, 5.41) is 13.2. The lowest BCUT2D eigenvalue weighted by atomic mass is 10.0. The molecular formula is C12H18N2O4. The van der Waals surface area contributed by atoms with Crippen LogP contribution >= 0.6 is 0 Å². The number of carboxylic acids is 1. The van der Waals surface area contributed by atoms with Crippen LogP contribution in [0.25, 0.3) is 0 Å². The number of esters is 1. The molecule has 0 bridgehead atoms. The van der Waals surface area contributed by atoms with Gasteiger partial charge in [0.1, 0.15) is 0 Å². The summed E-state index contributed by atoms with van der Waals surface area (Å²) in [6.45, 7) is 4.06. The predicted octanol–water partition coefficient (Wildman–Crippen LogP) is 1.27. The first-order valence-corrected chi connectivity index (χ1v) is 5.84. The average molecular weight is 254 g/mol. The minimum absolute atomic E-state index is 0.0471. The molecule has 0 saturated carbocycles. The highest BCUT2D eigenvalue weighted by Gasteiger charge is 2.28. The van der Waals surface area contributed by atoms with E-state index in [-0.39, 0.29) is 12.5 Å². The van der Waals surface area contributed by atoms with Crippen LogP contribution in [-0.2, 0) is 20.7 Å². The van der Waals surface area contributed by atoms with E-state index >= 15 is 0 Å². The SMILES string of the molecule is CCC(C)n1ccc(CC(C(=O)O)C(=O)OC)n1. The summed E-state index contributed by atoms with van der Waals surface area (Å²) in [6, 6.07) is 1.98. The molecule has 1 N–H and O–H groups in total. The highest BCUT2D eigenvalue weighted by atomic mass is 16.5. The van der Waals surface area contributed by atoms with Crippen molar-refractivity contribution in [1.29, 1.82) is 0 Å². The number of aliphatic carboxylic acids is 1. The van der Waals surface area contributed by atoms with Gasteiger partial charge in [0.15, 0.2) is 5.92 Å². The Labute approximate surface area is 106 Å². The van der Waals surface area contributed by atoms with Crippen molar-refractivity contribution in [3.63, 3.8) is 0 Å². The maximum Gasteiger partial charge on any atom is 0.320 e. The second-order valence-corrected chi connectivity index (χ2v) is 4.16. The second-order valence-electron chi connectivity index (χ2n) is 4.16. The van der Waals surface area contributed by atoms with Gasteiger partial charge in [-0.2, -0.15) is 5.10 Å². The number of ether oxygens (including phenoxy) is 1. The highest BCUT2D eigenvalue weighted by molar-refractivity contribution is 5.94. The van der Waals surface area contributed by atoms with Gasteiger partial charge in [-0.05, 0) is 19.4 Å². The fourth-order valence-corrected chi connectivity index (χ4v) is 1.54. The fourth-order valence-electron chi connectivity index (χ4n) is 1.54. The van der Waals surface area contributed by atoms with Crippen LogP contribution in [0, 0.1) is 5.92 Å². The number of methoxy groups -OCH3 is 1. The van der Waals surface area contributed by atoms with Crippen molar-refractivity contribution in [2.45, 2.75) is 32.7 Å². The molecule has 0 saturated heterocycles. The molecule has 0 spiro atoms. The van der Waals surface area contributed by atoms with Crippen LogP contribution < -0.4 is 0 Å². The fraction of sp³-hybridized carbons (Fsp3) is 0.583. The largest absolute Gasteiger partial charge is 0.481 e. The lowest BCUT2D eigenvalue weighted by Gasteiger charge is -2.09. The van der Waals surface area contributed by atoms with E-state index in [0.29, 0.717) is 5.69 Å². The zero-order valence-corrected chi connectivity index (χ0v) is 10.8. The summed E-state index contributed by atoms with van der Waals surface area (Å²) in [4.78, 5) is 22.3. The monoisotopic (exact) mass is 254 g/mol. The van der Waals surface area contributed by atoms with Crippen molar-refractivity contribution in [3.05, 3.63) is 18.0 Å². The van der Waals surface area contributed by atoms with E-state index in [1.165, 1.54) is 7.11 Å². The van der Waals surface area contributed by atoms with Crippen LogP contribution in [0.5, 0.6) is 0 Å². The van der Waals surface area contributed by atoms with Gasteiger partial charge in [-0.3, -0.25) is 14.3 Å². The van der Waals surface area contributed by atoms with E-state index in [1.54, 1.807) is 16.9 Å². The lowest BCUT2D eigenvalue weighted by molar-refractivity contribution is -0.156. The minimum Gasteiger partial charge on any atom is -0.481 e. The molecule has 100 valence electrons. The molecule has 2 unspecified atom stereocenters. The van der Waals surface area contributed by atoms with Gasteiger partial charge >= 0.3 is 11.9 Å². The summed E-state index contributed by atoms with van der Waals surface area (Å²) < 4.78 is 6.24. The average Bonchev–Trinajstić information content (AvgIpc) is 2.82. The molecule has 0 amide bonds. The molecule has 2 atom stereocenters. The third-order valence-corrected chi connectivity index (χ3v) is 2.90. The smallest absolute Gasteiger partial charge is 0.320 e. The minimum atomic E-state index is -1.20. The topological polar surface area (TPSA) is 81.4 Å². The zero-order valence-electron chi connectivity index (χ0n) is 10.8. The first kappa shape index (κ1) is 14.2. The summed E-state index contributed by atoms with van der Waals surface area (Å²) in [5.41, 5.74) is 0.577. The molecule has 1 rings (SSSR count). The van der Waals surface area contributed by atoms with Crippen molar-refractivity contribution >= 4 is 11.9 Å². The molecule has 0 radical (unpaired) electrons. The Hall–Kier alpha value is -1.85. The van der Waals surface area contributed by atoms with Gasteiger partial charge < -0.3 is 9.84 Å². The molecule has 18 heavy (non-hydrogen) atoms. The van der Waals surface area contributed by atoms with E-state index in [0.717, 1.165) is 6.42 Å². The maximum absolute atomic E-state index is 11.3. The van der Waals surface area contributed by atoms with Crippen LogP contribution in [0.2, 0.25) is 0 Å². The van der Waals surface area contributed by atoms with Crippen molar-refractivity contribution in [1.82, 2.24) is 9.78 Å². The molecule has 0 aliphatic rings. The summed E-state index contributed by atoms with van der Waals surface area (Å²) in [6.07, 6.45) is 2.77. The molecule has 0 aliphatic carbocycles. The number of aromatic nitrogens is 2. The molecule has 6 nitrogen and oxygen atoms in total. The number of nitrogens with zero attached hydrogens (tertiary/aromatic N) is 2. The molecule has 1 aromatic heterocycles. The Balaban J connectivity index is 2.79. The maximum atomic E-state index is 11.3. The van der Waals surface area contributed by atoms with E-state index < -0.39 is 17.9 Å². The van der Waals surface area contributed by atoms with Crippen molar-refractivity contribution < 1.29 is 19.4 Å². The van der Waals surface area contributed by atoms with Gasteiger partial charge in [-0.25, -0.2) is 0 Å². The number of hydrogen-bond donors (Lipinski definition) is 1. The first-order valence-electron chi connectivity index (χ1n) is 5.84. The van der Waals surface area contributed by atoms with Crippen LogP contribution in [0.1, 0.15) is 32.0 Å². The van der Waals surface area contributed by atoms with E-state index in [2.05, 4.69) is 9.84 Å². The van der Waals surface area contributed by atoms with Crippen molar-refractivity contribution in [2.24, 2.45) is 5.92 Å². The quantitative estimate of drug-likeness (QED) is 0.610. The highest BCUT2D eigenvalue weighted by Crippen LogP contribution is 2.13. The number of carbonyl (C=O) groups excluding carboxylic acids is 1. The van der Waals surface area contributed by atoms with Gasteiger partial charge in [0.2, 0.25) is 0 Å².